The summed E-state index contributed by atoms with van der Waals surface area (Å²) < 4.78 is 23.1. The Morgan fingerprint density at radius 1 is 1.12 bits per heavy atom. The lowest BCUT2D eigenvalue weighted by molar-refractivity contribution is -0.309. The Labute approximate surface area is 230 Å². The molecule has 2 saturated heterocycles. The summed E-state index contributed by atoms with van der Waals surface area (Å²) in [5.41, 5.74) is 3.52. The topological polar surface area (TPSA) is 172 Å². The summed E-state index contributed by atoms with van der Waals surface area (Å²) in [5.74, 6) is -1.65. The number of hydrogen-bond donors (Lipinski definition) is 5. The van der Waals surface area contributed by atoms with Crippen molar-refractivity contribution in [3.8, 4) is 5.75 Å². The smallest absolute Gasteiger partial charge is 0.334 e. The first kappa shape index (κ1) is 28.5. The Kier molecular flexibility index (Phi) is 8.14. The first-order valence-corrected chi connectivity index (χ1v) is 13.3. The van der Waals surface area contributed by atoms with Gasteiger partial charge in [0.15, 0.2) is 6.29 Å². The van der Waals surface area contributed by atoms with E-state index in [-0.39, 0.29) is 36.7 Å². The number of phenolic OH excluding ortho intramolecular Hbond substituents is 1. The molecular formula is C29H34O11. The third kappa shape index (κ3) is 5.32. The molecule has 11 heteroatoms. The van der Waals surface area contributed by atoms with Crippen LogP contribution in [0.1, 0.15) is 25.3 Å². The van der Waals surface area contributed by atoms with Crippen LogP contribution in [-0.2, 0) is 35.0 Å². The lowest BCUT2D eigenvalue weighted by Gasteiger charge is -2.41. The minimum Gasteiger partial charge on any atom is -0.508 e. The van der Waals surface area contributed by atoms with Gasteiger partial charge in [0, 0.05) is 17.4 Å². The van der Waals surface area contributed by atoms with E-state index in [1.54, 1.807) is 12.1 Å². The molecule has 11 nitrogen and oxygen atoms in total. The lowest BCUT2D eigenvalue weighted by atomic mass is 9.83. The number of hydrogen-bond acceptors (Lipinski definition) is 11. The van der Waals surface area contributed by atoms with Gasteiger partial charge in [-0.25, -0.2) is 4.79 Å². The average Bonchev–Trinajstić information content (AvgIpc) is 3.45. The van der Waals surface area contributed by atoms with Crippen LogP contribution in [0.2, 0.25) is 0 Å². The van der Waals surface area contributed by atoms with Gasteiger partial charge < -0.3 is 44.5 Å². The van der Waals surface area contributed by atoms with Gasteiger partial charge in [-0.2, -0.15) is 0 Å². The fourth-order valence-electron chi connectivity index (χ4n) is 6.00. The fraction of sp³-hybridized carbons (Fsp3) is 0.517. The van der Waals surface area contributed by atoms with Crippen molar-refractivity contribution >= 4 is 11.9 Å². The summed E-state index contributed by atoms with van der Waals surface area (Å²) >= 11 is 0. The minimum atomic E-state index is -1.59. The predicted octanol–water partition coefficient (Wildman–Crippen LogP) is 0.427. The number of phenols is 1. The normalized spacial score (nSPS) is 35.5. The maximum atomic E-state index is 12.6. The first-order valence-electron chi connectivity index (χ1n) is 13.3. The molecule has 216 valence electrons. The Balaban J connectivity index is 1.34. The molecule has 2 heterocycles. The second kappa shape index (κ2) is 11.4. The van der Waals surface area contributed by atoms with Crippen molar-refractivity contribution in [1.82, 2.24) is 0 Å². The second-order valence-electron chi connectivity index (χ2n) is 10.7. The van der Waals surface area contributed by atoms with Crippen LogP contribution in [-0.4, -0.2) is 93.6 Å². The molecule has 5 N–H and O–H groups in total. The molecule has 0 aromatic heterocycles. The zero-order chi connectivity index (χ0) is 28.7. The SMILES string of the molecule is C=C1C(=O)O[C@@H]2[C@H]3C(COC(=O)Cc4ccc(O)cc4)=CCC3=C(C)[C@H](O[C@@H]3O[C@H](CO)[C@@H](O)[C@H](O)[C@H]3O)C[C@@H]12. The average molecular weight is 559 g/mol. The van der Waals surface area contributed by atoms with Gasteiger partial charge in [0.1, 0.15) is 42.9 Å². The second-order valence-corrected chi connectivity index (χ2v) is 10.7. The molecule has 4 aliphatic rings. The van der Waals surface area contributed by atoms with Crippen LogP contribution in [0.3, 0.4) is 0 Å². The Morgan fingerprint density at radius 3 is 2.55 bits per heavy atom. The van der Waals surface area contributed by atoms with E-state index in [1.807, 2.05) is 13.0 Å². The van der Waals surface area contributed by atoms with Crippen molar-refractivity contribution in [1.29, 1.82) is 0 Å². The number of benzene rings is 1. The molecule has 0 radical (unpaired) electrons. The molecule has 0 bridgehead atoms. The third-order valence-corrected chi connectivity index (χ3v) is 8.33. The van der Waals surface area contributed by atoms with Gasteiger partial charge in [0.25, 0.3) is 0 Å². The Bertz CT molecular complexity index is 1220. The highest BCUT2D eigenvalue weighted by Gasteiger charge is 2.52. The van der Waals surface area contributed by atoms with E-state index in [2.05, 4.69) is 6.58 Å². The number of esters is 2. The van der Waals surface area contributed by atoms with Crippen LogP contribution in [0.25, 0.3) is 0 Å². The zero-order valence-corrected chi connectivity index (χ0v) is 22.0. The van der Waals surface area contributed by atoms with Gasteiger partial charge >= 0.3 is 11.9 Å². The summed E-state index contributed by atoms with van der Waals surface area (Å²) in [6, 6.07) is 6.28. The van der Waals surface area contributed by atoms with Gasteiger partial charge in [-0.1, -0.05) is 30.4 Å². The molecule has 0 spiro atoms. The fourth-order valence-corrected chi connectivity index (χ4v) is 6.00. The van der Waals surface area contributed by atoms with Crippen molar-refractivity contribution in [3.63, 3.8) is 0 Å². The monoisotopic (exact) mass is 558 g/mol. The Morgan fingerprint density at radius 2 is 1.85 bits per heavy atom. The van der Waals surface area contributed by atoms with Gasteiger partial charge in [0.2, 0.25) is 0 Å². The molecule has 2 fully saturated rings. The van der Waals surface area contributed by atoms with E-state index < -0.39 is 67.4 Å². The number of rotatable bonds is 7. The number of carbonyl (C=O) groups is 2. The van der Waals surface area contributed by atoms with Crippen molar-refractivity contribution in [2.45, 2.75) is 69.1 Å². The van der Waals surface area contributed by atoms with E-state index in [4.69, 9.17) is 18.9 Å². The van der Waals surface area contributed by atoms with Crippen LogP contribution in [0.4, 0.5) is 0 Å². The molecule has 2 aliphatic carbocycles. The van der Waals surface area contributed by atoms with Crippen LogP contribution < -0.4 is 0 Å². The molecule has 40 heavy (non-hydrogen) atoms. The number of fused-ring (bicyclic) bond motifs is 3. The highest BCUT2D eigenvalue weighted by molar-refractivity contribution is 5.91. The predicted molar refractivity (Wildman–Crippen MR) is 137 cm³/mol. The standard InChI is InChI=1S/C29H34O11/c1-13-18-8-5-16(12-37-22(32)9-15-3-6-17(31)7-4-15)23(18)27-19(14(2)28(36)40-27)10-20(13)38-29-26(35)25(34)24(33)21(11-30)39-29/h3-7,19-21,23-27,29-31,33-35H,2,8-12H2,1H3/t19-,20+,21+,23-,24+,25-,26+,27-,29+/m0/s1. The van der Waals surface area contributed by atoms with Gasteiger partial charge in [-0.15, -0.1) is 0 Å². The van der Waals surface area contributed by atoms with E-state index >= 15 is 0 Å². The van der Waals surface area contributed by atoms with Crippen LogP contribution in [0.5, 0.6) is 5.75 Å². The third-order valence-electron chi connectivity index (χ3n) is 8.33. The molecule has 2 aliphatic heterocycles. The molecule has 1 aromatic rings. The molecule has 0 saturated carbocycles. The van der Waals surface area contributed by atoms with Crippen molar-refractivity contribution in [3.05, 3.63) is 64.8 Å². The maximum Gasteiger partial charge on any atom is 0.334 e. The van der Waals surface area contributed by atoms with E-state index in [9.17, 15) is 35.1 Å². The molecular weight excluding hydrogens is 524 g/mol. The number of aliphatic hydroxyl groups excluding tert-OH is 4. The minimum absolute atomic E-state index is 0.00381. The number of carbonyl (C=O) groups excluding carboxylic acids is 2. The summed E-state index contributed by atoms with van der Waals surface area (Å²) in [4.78, 5) is 25.1. The van der Waals surface area contributed by atoms with Crippen LogP contribution in [0.15, 0.2) is 59.2 Å². The van der Waals surface area contributed by atoms with Gasteiger partial charge in [-0.05, 0) is 48.6 Å². The van der Waals surface area contributed by atoms with Gasteiger partial charge in [-0.3, -0.25) is 4.79 Å². The van der Waals surface area contributed by atoms with Crippen molar-refractivity contribution < 1.29 is 54.1 Å². The lowest BCUT2D eigenvalue weighted by Crippen LogP contribution is -2.59. The molecule has 1 aromatic carbocycles. The molecule has 5 rings (SSSR count). The number of allylic oxidation sites excluding steroid dienone is 1. The number of aromatic hydroxyl groups is 1. The number of ether oxygens (including phenoxy) is 4. The van der Waals surface area contributed by atoms with E-state index in [0.717, 1.165) is 16.7 Å². The first-order chi connectivity index (χ1) is 19.1. The van der Waals surface area contributed by atoms with Crippen LogP contribution >= 0.6 is 0 Å². The summed E-state index contributed by atoms with van der Waals surface area (Å²) in [5, 5.41) is 49.9. The molecule has 9 atom stereocenters. The molecule has 0 amide bonds. The van der Waals surface area contributed by atoms with Crippen molar-refractivity contribution in [2.75, 3.05) is 13.2 Å². The number of aliphatic hydroxyl groups is 4. The largest absolute Gasteiger partial charge is 0.508 e. The summed E-state index contributed by atoms with van der Waals surface area (Å²) in [7, 11) is 0. The zero-order valence-electron chi connectivity index (χ0n) is 22.0. The quantitative estimate of drug-likeness (QED) is 0.178. The molecule has 0 unspecified atom stereocenters. The van der Waals surface area contributed by atoms with Crippen LogP contribution in [0, 0.1) is 11.8 Å². The maximum absolute atomic E-state index is 12.6. The van der Waals surface area contributed by atoms with E-state index in [0.29, 0.717) is 12.0 Å². The van der Waals surface area contributed by atoms with Gasteiger partial charge in [0.05, 0.1) is 19.1 Å². The summed E-state index contributed by atoms with van der Waals surface area (Å²) in [6.07, 6.45) is -5.61. The van der Waals surface area contributed by atoms with E-state index in [1.165, 1.54) is 12.1 Å². The highest BCUT2D eigenvalue weighted by Crippen LogP contribution is 2.49. The highest BCUT2D eigenvalue weighted by atomic mass is 16.7. The Hall–Kier alpha value is -3.06. The summed E-state index contributed by atoms with van der Waals surface area (Å²) in [6.45, 7) is 5.23. The van der Waals surface area contributed by atoms with Crippen molar-refractivity contribution in [2.24, 2.45) is 11.8 Å².